The molecule has 0 spiro atoms. The highest BCUT2D eigenvalue weighted by molar-refractivity contribution is 6.38. The fraction of sp³-hybridized carbons (Fsp3) is 0.467. The molecule has 1 aliphatic heterocycles. The van der Waals surface area contributed by atoms with E-state index in [0.717, 1.165) is 19.3 Å². The molecule has 2 amide bonds. The third kappa shape index (κ3) is 2.13. The molecular weight excluding hydrogens is 297 g/mol. The standard InChI is InChI=1S/C15H15Cl2NO2/c1-8-2-4-10-11(6-8)15(20)18(14(10)19)13-5-3-9(16)7-12(13)17/h3,5,7-8,10-11H,2,4,6H2,1H3/t8-,10+,11+/m1/s1. The molecule has 1 aromatic carbocycles. The van der Waals surface area contributed by atoms with E-state index >= 15 is 0 Å². The van der Waals surface area contributed by atoms with Crippen LogP contribution in [-0.2, 0) is 9.59 Å². The monoisotopic (exact) mass is 311 g/mol. The number of halogens is 2. The quantitative estimate of drug-likeness (QED) is 0.737. The van der Waals surface area contributed by atoms with Crippen molar-refractivity contribution in [2.75, 3.05) is 4.90 Å². The highest BCUT2D eigenvalue weighted by Crippen LogP contribution is 2.43. The lowest BCUT2D eigenvalue weighted by atomic mass is 9.76. The maximum Gasteiger partial charge on any atom is 0.237 e. The fourth-order valence-electron chi connectivity index (χ4n) is 3.29. The van der Waals surface area contributed by atoms with Crippen LogP contribution in [0.1, 0.15) is 26.2 Å². The zero-order valence-electron chi connectivity index (χ0n) is 11.1. The van der Waals surface area contributed by atoms with Crippen molar-refractivity contribution < 1.29 is 9.59 Å². The molecule has 1 aromatic rings. The zero-order chi connectivity index (χ0) is 14.4. The van der Waals surface area contributed by atoms with Gasteiger partial charge in [0, 0.05) is 5.02 Å². The molecule has 1 aliphatic carbocycles. The van der Waals surface area contributed by atoms with Crippen LogP contribution in [0.4, 0.5) is 5.69 Å². The molecule has 0 aromatic heterocycles. The Kier molecular flexibility index (Phi) is 3.51. The molecule has 20 heavy (non-hydrogen) atoms. The van der Waals surface area contributed by atoms with Gasteiger partial charge in [0.2, 0.25) is 11.8 Å². The van der Waals surface area contributed by atoms with Gasteiger partial charge in [-0.3, -0.25) is 9.59 Å². The van der Waals surface area contributed by atoms with Gasteiger partial charge in [0.1, 0.15) is 0 Å². The third-order valence-electron chi connectivity index (χ3n) is 4.34. The molecule has 1 saturated heterocycles. The number of carbonyl (C=O) groups excluding carboxylic acids is 2. The van der Waals surface area contributed by atoms with Gasteiger partial charge in [-0.05, 0) is 43.4 Å². The van der Waals surface area contributed by atoms with Crippen LogP contribution in [-0.4, -0.2) is 11.8 Å². The van der Waals surface area contributed by atoms with Crippen LogP contribution in [0.15, 0.2) is 18.2 Å². The number of hydrogen-bond acceptors (Lipinski definition) is 2. The zero-order valence-corrected chi connectivity index (χ0v) is 12.6. The van der Waals surface area contributed by atoms with E-state index in [1.165, 1.54) is 4.90 Å². The summed E-state index contributed by atoms with van der Waals surface area (Å²) >= 11 is 12.0. The Labute approximate surface area is 127 Å². The summed E-state index contributed by atoms with van der Waals surface area (Å²) in [5.74, 6) is -0.0935. The summed E-state index contributed by atoms with van der Waals surface area (Å²) in [4.78, 5) is 26.3. The van der Waals surface area contributed by atoms with Crippen molar-refractivity contribution in [1.29, 1.82) is 0 Å². The van der Waals surface area contributed by atoms with Crippen molar-refractivity contribution in [2.24, 2.45) is 17.8 Å². The van der Waals surface area contributed by atoms with E-state index in [0.29, 0.717) is 21.7 Å². The number of nitrogens with zero attached hydrogens (tertiary/aromatic N) is 1. The molecule has 3 atom stereocenters. The fourth-order valence-corrected chi connectivity index (χ4v) is 3.78. The summed E-state index contributed by atoms with van der Waals surface area (Å²) in [6.07, 6.45) is 2.58. The highest BCUT2D eigenvalue weighted by atomic mass is 35.5. The number of amides is 2. The molecule has 0 unspecified atom stereocenters. The Morgan fingerprint density at radius 2 is 1.80 bits per heavy atom. The maximum atomic E-state index is 12.5. The topological polar surface area (TPSA) is 37.4 Å². The molecule has 0 N–H and O–H groups in total. The van der Waals surface area contributed by atoms with Crippen LogP contribution >= 0.6 is 23.2 Å². The number of imide groups is 1. The van der Waals surface area contributed by atoms with Crippen molar-refractivity contribution in [3.05, 3.63) is 28.2 Å². The largest absolute Gasteiger partial charge is 0.274 e. The first-order valence-electron chi connectivity index (χ1n) is 6.82. The smallest absolute Gasteiger partial charge is 0.237 e. The van der Waals surface area contributed by atoms with Crippen LogP contribution in [0.2, 0.25) is 10.0 Å². The van der Waals surface area contributed by atoms with Gasteiger partial charge in [0.15, 0.2) is 0 Å². The summed E-state index contributed by atoms with van der Waals surface area (Å²) in [7, 11) is 0. The lowest BCUT2D eigenvalue weighted by Crippen LogP contribution is -2.31. The molecule has 5 heteroatoms. The van der Waals surface area contributed by atoms with Gasteiger partial charge >= 0.3 is 0 Å². The molecular formula is C15H15Cl2NO2. The van der Waals surface area contributed by atoms with Gasteiger partial charge in [-0.25, -0.2) is 4.90 Å². The van der Waals surface area contributed by atoms with Gasteiger partial charge in [-0.2, -0.15) is 0 Å². The minimum absolute atomic E-state index is 0.115. The molecule has 2 fully saturated rings. The highest BCUT2D eigenvalue weighted by Gasteiger charge is 2.50. The van der Waals surface area contributed by atoms with Gasteiger partial charge in [0.05, 0.1) is 22.5 Å². The Hall–Kier alpha value is -1.06. The second-order valence-corrected chi connectivity index (χ2v) is 6.58. The predicted octanol–water partition coefficient (Wildman–Crippen LogP) is 3.92. The van der Waals surface area contributed by atoms with Crippen LogP contribution in [0.5, 0.6) is 0 Å². The average molecular weight is 312 g/mol. The van der Waals surface area contributed by atoms with E-state index in [1.807, 2.05) is 0 Å². The third-order valence-corrected chi connectivity index (χ3v) is 4.88. The van der Waals surface area contributed by atoms with Crippen LogP contribution in [0, 0.1) is 17.8 Å². The number of benzene rings is 1. The first kappa shape index (κ1) is 13.9. The normalized spacial score (nSPS) is 29.8. The Morgan fingerprint density at radius 3 is 2.50 bits per heavy atom. The number of carbonyl (C=O) groups is 2. The molecule has 0 radical (unpaired) electrons. The van der Waals surface area contributed by atoms with E-state index in [1.54, 1.807) is 18.2 Å². The average Bonchev–Trinajstić information content (AvgIpc) is 2.63. The predicted molar refractivity (Wildman–Crippen MR) is 79.0 cm³/mol. The minimum Gasteiger partial charge on any atom is -0.274 e. The first-order chi connectivity index (χ1) is 9.49. The molecule has 2 aliphatic rings. The summed E-state index contributed by atoms with van der Waals surface area (Å²) in [5, 5.41) is 0.828. The van der Waals surface area contributed by atoms with Crippen molar-refractivity contribution in [3.8, 4) is 0 Å². The van der Waals surface area contributed by atoms with Crippen molar-refractivity contribution in [1.82, 2.24) is 0 Å². The Morgan fingerprint density at radius 1 is 1.10 bits per heavy atom. The lowest BCUT2D eigenvalue weighted by molar-refractivity contribution is -0.122. The molecule has 0 bridgehead atoms. The van der Waals surface area contributed by atoms with Crippen LogP contribution < -0.4 is 4.90 Å². The minimum atomic E-state index is -0.182. The molecule has 1 heterocycles. The number of rotatable bonds is 1. The SMILES string of the molecule is C[C@@H]1CC[C@@H]2C(=O)N(c3ccc(Cl)cc3Cl)C(=O)[C@H]2C1. The van der Waals surface area contributed by atoms with Crippen molar-refractivity contribution >= 4 is 40.7 Å². The second kappa shape index (κ2) is 5.05. The summed E-state index contributed by atoms with van der Waals surface area (Å²) in [6, 6.07) is 4.85. The van der Waals surface area contributed by atoms with E-state index in [-0.39, 0.29) is 23.7 Å². The van der Waals surface area contributed by atoms with Gasteiger partial charge < -0.3 is 0 Å². The summed E-state index contributed by atoms with van der Waals surface area (Å²) < 4.78 is 0. The Bertz CT molecular complexity index is 587. The van der Waals surface area contributed by atoms with Crippen molar-refractivity contribution in [2.45, 2.75) is 26.2 Å². The van der Waals surface area contributed by atoms with Gasteiger partial charge in [0.25, 0.3) is 0 Å². The first-order valence-corrected chi connectivity index (χ1v) is 7.57. The van der Waals surface area contributed by atoms with E-state index < -0.39 is 0 Å². The van der Waals surface area contributed by atoms with E-state index in [9.17, 15) is 9.59 Å². The van der Waals surface area contributed by atoms with Gasteiger partial charge in [-0.1, -0.05) is 30.1 Å². The van der Waals surface area contributed by atoms with Crippen LogP contribution in [0.25, 0.3) is 0 Å². The van der Waals surface area contributed by atoms with Crippen molar-refractivity contribution in [3.63, 3.8) is 0 Å². The second-order valence-electron chi connectivity index (χ2n) is 5.74. The molecule has 1 saturated carbocycles. The summed E-state index contributed by atoms with van der Waals surface area (Å²) in [5.41, 5.74) is 0.452. The lowest BCUT2D eigenvalue weighted by Gasteiger charge is -2.25. The molecule has 3 nitrogen and oxygen atoms in total. The number of anilines is 1. The Balaban J connectivity index is 1.98. The maximum absolute atomic E-state index is 12.5. The van der Waals surface area contributed by atoms with E-state index in [4.69, 9.17) is 23.2 Å². The number of hydrogen-bond donors (Lipinski definition) is 0. The summed E-state index contributed by atoms with van der Waals surface area (Å²) in [6.45, 7) is 2.13. The van der Waals surface area contributed by atoms with Gasteiger partial charge in [-0.15, -0.1) is 0 Å². The molecule has 106 valence electrons. The van der Waals surface area contributed by atoms with E-state index in [2.05, 4.69) is 6.92 Å². The van der Waals surface area contributed by atoms with Crippen LogP contribution in [0.3, 0.4) is 0 Å². The number of fused-ring (bicyclic) bond motifs is 1. The molecule has 3 rings (SSSR count).